The number of hydrogen-bond donors (Lipinski definition) is 0. The topological polar surface area (TPSA) is 78.9 Å². The van der Waals surface area contributed by atoms with E-state index in [4.69, 9.17) is 30.5 Å². The molecule has 6 aromatic rings. The minimum Gasteiger partial charge on any atom is -0.496 e. The van der Waals surface area contributed by atoms with E-state index >= 15 is 0 Å². The summed E-state index contributed by atoms with van der Waals surface area (Å²) in [6.45, 7) is 0.129. The van der Waals surface area contributed by atoms with Crippen molar-refractivity contribution < 1.29 is 18.3 Å². The highest BCUT2D eigenvalue weighted by molar-refractivity contribution is 6.30. The first-order chi connectivity index (χ1) is 19.5. The highest BCUT2D eigenvalue weighted by Gasteiger charge is 2.18. The zero-order valence-electron chi connectivity index (χ0n) is 21.2. The van der Waals surface area contributed by atoms with Gasteiger partial charge in [0.1, 0.15) is 29.5 Å². The Morgan fingerprint density at radius 1 is 0.975 bits per heavy atom. The number of fused-ring (bicyclic) bond motifs is 2. The van der Waals surface area contributed by atoms with Crippen LogP contribution in [0, 0.1) is 5.82 Å². The number of benzene rings is 4. The lowest BCUT2D eigenvalue weighted by Crippen LogP contribution is -2.20. The highest BCUT2D eigenvalue weighted by atomic mass is 35.5. The minimum absolute atomic E-state index is 0.129. The average molecular weight is 554 g/mol. The van der Waals surface area contributed by atoms with E-state index < -0.39 is 0 Å². The van der Waals surface area contributed by atoms with Crippen LogP contribution in [-0.4, -0.2) is 23.0 Å². The molecule has 2 aromatic heterocycles. The summed E-state index contributed by atoms with van der Waals surface area (Å²) >= 11 is 6.27. The zero-order valence-corrected chi connectivity index (χ0v) is 21.9. The number of hydrogen-bond acceptors (Lipinski definition) is 6. The summed E-state index contributed by atoms with van der Waals surface area (Å²) in [7, 11) is 1.58. The van der Waals surface area contributed by atoms with Crippen molar-refractivity contribution in [3.05, 3.63) is 123 Å². The Balaban J connectivity index is 1.45. The number of nitrogens with zero attached hydrogens (tertiary/aromatic N) is 3. The molecule has 40 heavy (non-hydrogen) atoms. The zero-order chi connectivity index (χ0) is 27.6. The molecule has 7 nitrogen and oxygen atoms in total. The maximum absolute atomic E-state index is 13.6. The fraction of sp³-hybridized carbons (Fsp3) is 0.0645. The summed E-state index contributed by atoms with van der Waals surface area (Å²) in [6.07, 6.45) is 1.47. The molecule has 2 heterocycles. The maximum Gasteiger partial charge on any atom is 0.282 e. The van der Waals surface area contributed by atoms with E-state index in [9.17, 15) is 9.18 Å². The molecule has 0 amide bonds. The molecule has 0 aliphatic heterocycles. The molecule has 9 heteroatoms. The van der Waals surface area contributed by atoms with Gasteiger partial charge in [-0.05, 0) is 66.2 Å². The molecule has 0 saturated carbocycles. The normalized spacial score (nSPS) is 11.5. The molecular weight excluding hydrogens is 533 g/mol. The van der Waals surface area contributed by atoms with Crippen molar-refractivity contribution in [3.63, 3.8) is 0 Å². The number of furan rings is 1. The summed E-state index contributed by atoms with van der Waals surface area (Å²) < 4.78 is 32.3. The molecule has 0 bridgehead atoms. The molecular formula is C31H21ClFN3O4. The van der Waals surface area contributed by atoms with E-state index in [0.717, 1.165) is 5.39 Å². The van der Waals surface area contributed by atoms with Crippen LogP contribution in [0.15, 0.2) is 105 Å². The van der Waals surface area contributed by atoms with Crippen LogP contribution in [0.5, 0.6) is 11.5 Å². The lowest BCUT2D eigenvalue weighted by molar-refractivity contribution is 0.305. The van der Waals surface area contributed by atoms with E-state index in [1.807, 2.05) is 24.3 Å². The fourth-order valence-electron chi connectivity index (χ4n) is 4.37. The van der Waals surface area contributed by atoms with Gasteiger partial charge in [0.25, 0.3) is 5.56 Å². The lowest BCUT2D eigenvalue weighted by atomic mass is 10.2. The number of para-hydroxylation sites is 1. The van der Waals surface area contributed by atoms with Gasteiger partial charge in [-0.25, -0.2) is 9.37 Å². The van der Waals surface area contributed by atoms with Gasteiger partial charge < -0.3 is 13.9 Å². The number of ether oxygens (including phenoxy) is 2. The van der Waals surface area contributed by atoms with Crippen molar-refractivity contribution >= 4 is 39.7 Å². The Kier molecular flexibility index (Phi) is 6.76. The molecule has 0 saturated heterocycles. The van der Waals surface area contributed by atoms with Crippen LogP contribution in [0.4, 0.5) is 4.39 Å². The Morgan fingerprint density at radius 2 is 1.82 bits per heavy atom. The van der Waals surface area contributed by atoms with Gasteiger partial charge in [0.2, 0.25) is 5.82 Å². The molecule has 0 aliphatic carbocycles. The highest BCUT2D eigenvalue weighted by Crippen LogP contribution is 2.33. The molecule has 0 aliphatic rings. The average Bonchev–Trinajstić information content (AvgIpc) is 3.41. The van der Waals surface area contributed by atoms with Crippen LogP contribution in [-0.2, 0) is 6.61 Å². The van der Waals surface area contributed by atoms with Gasteiger partial charge in [-0.15, -0.1) is 0 Å². The second kappa shape index (κ2) is 10.7. The van der Waals surface area contributed by atoms with Crippen LogP contribution in [0.2, 0.25) is 5.02 Å². The molecule has 0 N–H and O–H groups in total. The third-order valence-corrected chi connectivity index (χ3v) is 6.52. The summed E-state index contributed by atoms with van der Waals surface area (Å²) in [5.74, 6) is 1.28. The van der Waals surface area contributed by atoms with Gasteiger partial charge in [-0.2, -0.15) is 9.78 Å². The largest absolute Gasteiger partial charge is 0.496 e. The number of halogens is 2. The van der Waals surface area contributed by atoms with Crippen molar-refractivity contribution in [2.75, 3.05) is 7.11 Å². The summed E-state index contributed by atoms with van der Waals surface area (Å²) in [5.41, 5.74) is 1.88. The van der Waals surface area contributed by atoms with E-state index in [1.165, 1.54) is 23.0 Å². The molecule has 198 valence electrons. The molecule has 0 fully saturated rings. The first-order valence-corrected chi connectivity index (χ1v) is 12.7. The quantitative estimate of drug-likeness (QED) is 0.198. The van der Waals surface area contributed by atoms with Gasteiger partial charge >= 0.3 is 0 Å². The Bertz CT molecular complexity index is 1960. The maximum atomic E-state index is 13.6. The van der Waals surface area contributed by atoms with Crippen molar-refractivity contribution in [2.24, 2.45) is 5.10 Å². The second-order valence-corrected chi connectivity index (χ2v) is 9.33. The summed E-state index contributed by atoms with van der Waals surface area (Å²) in [6, 6.07) is 25.4. The standard InChI is InChI=1S/C31H21ClFN3O4/c1-38-27-10-5-11-28-24(27)16-29(40-28)30-35-25-9-3-2-8-23(25)31(37)36(30)34-17-20-15-21(32)12-13-26(20)39-18-19-6-4-7-22(33)14-19/h2-17H,18H2,1H3. The van der Waals surface area contributed by atoms with E-state index in [1.54, 1.807) is 61.7 Å². The second-order valence-electron chi connectivity index (χ2n) is 8.90. The number of rotatable bonds is 7. The molecule has 6 rings (SSSR count). The Hall–Kier alpha value is -4.95. The third kappa shape index (κ3) is 4.92. The van der Waals surface area contributed by atoms with Gasteiger partial charge in [0.05, 0.1) is 29.6 Å². The lowest BCUT2D eigenvalue weighted by Gasteiger charge is -2.11. The summed E-state index contributed by atoms with van der Waals surface area (Å²) in [5, 5.41) is 6.10. The van der Waals surface area contributed by atoms with E-state index in [2.05, 4.69) is 5.10 Å². The summed E-state index contributed by atoms with van der Waals surface area (Å²) in [4.78, 5) is 18.3. The Morgan fingerprint density at radius 3 is 2.67 bits per heavy atom. The predicted octanol–water partition coefficient (Wildman–Crippen LogP) is 7.07. The van der Waals surface area contributed by atoms with Crippen LogP contribution in [0.25, 0.3) is 33.5 Å². The van der Waals surface area contributed by atoms with Gasteiger partial charge in [0.15, 0.2) is 5.76 Å². The number of methoxy groups -OCH3 is 1. The van der Waals surface area contributed by atoms with Crippen LogP contribution < -0.4 is 15.0 Å². The smallest absolute Gasteiger partial charge is 0.282 e. The third-order valence-electron chi connectivity index (χ3n) is 6.28. The van der Waals surface area contributed by atoms with Gasteiger partial charge in [0, 0.05) is 10.6 Å². The molecule has 0 atom stereocenters. The van der Waals surface area contributed by atoms with Crippen LogP contribution in [0.3, 0.4) is 0 Å². The first-order valence-electron chi connectivity index (χ1n) is 12.3. The molecule has 0 unspecified atom stereocenters. The SMILES string of the molecule is COc1cccc2oc(-c3nc4ccccc4c(=O)n3N=Cc3cc(Cl)ccc3OCc3cccc(F)c3)cc12. The number of aromatic nitrogens is 2. The van der Waals surface area contributed by atoms with E-state index in [-0.39, 0.29) is 23.8 Å². The first kappa shape index (κ1) is 25.3. The molecule has 0 radical (unpaired) electrons. The van der Waals surface area contributed by atoms with Crippen molar-refractivity contribution in [2.45, 2.75) is 6.61 Å². The minimum atomic E-state index is -0.381. The monoisotopic (exact) mass is 553 g/mol. The fourth-order valence-corrected chi connectivity index (χ4v) is 4.55. The Labute approximate surface area is 232 Å². The van der Waals surface area contributed by atoms with Crippen molar-refractivity contribution in [1.29, 1.82) is 0 Å². The van der Waals surface area contributed by atoms with Gasteiger partial charge in [-0.1, -0.05) is 41.9 Å². The van der Waals surface area contributed by atoms with Crippen molar-refractivity contribution in [1.82, 2.24) is 9.66 Å². The van der Waals surface area contributed by atoms with Crippen molar-refractivity contribution in [3.8, 4) is 23.1 Å². The van der Waals surface area contributed by atoms with Gasteiger partial charge in [-0.3, -0.25) is 4.79 Å². The molecule has 0 spiro atoms. The van der Waals surface area contributed by atoms with Crippen LogP contribution in [0.1, 0.15) is 11.1 Å². The van der Waals surface area contributed by atoms with Crippen LogP contribution >= 0.6 is 11.6 Å². The van der Waals surface area contributed by atoms with E-state index in [0.29, 0.717) is 49.9 Å². The predicted molar refractivity (Wildman–Crippen MR) is 153 cm³/mol. The molecule has 4 aromatic carbocycles.